The number of carbonyl (C=O) groups excluding carboxylic acids is 1. The van der Waals surface area contributed by atoms with Gasteiger partial charge in [-0.05, 0) is 74.0 Å². The van der Waals surface area contributed by atoms with Gasteiger partial charge < -0.3 is 5.32 Å². The molecule has 1 aliphatic rings. The standard InChI is InChI=1S/C24H27N3O5S3/c1-17-7-12-22(18(2)15-17)26-34(29,30)21-10-8-20(9-11-21)25-24(28)19-5-3-13-27(16-19)35(31,32)23-6-4-14-33-23/h4,6-12,14-15,19,26H,3,5,13,16H2,1-2H3,(H,25,28)/t19-/m0/s1. The molecular formula is C24H27N3O5S3. The van der Waals surface area contributed by atoms with Crippen molar-refractivity contribution in [2.24, 2.45) is 5.92 Å². The number of hydrogen-bond acceptors (Lipinski definition) is 6. The number of benzene rings is 2. The highest BCUT2D eigenvalue weighted by atomic mass is 32.2. The van der Waals surface area contributed by atoms with Gasteiger partial charge in [0.1, 0.15) is 4.21 Å². The maximum Gasteiger partial charge on any atom is 0.261 e. The van der Waals surface area contributed by atoms with E-state index in [2.05, 4.69) is 10.0 Å². The van der Waals surface area contributed by atoms with Crippen LogP contribution in [0.1, 0.15) is 24.0 Å². The molecule has 2 heterocycles. The molecule has 1 fully saturated rings. The zero-order chi connectivity index (χ0) is 25.2. The number of nitrogens with one attached hydrogen (secondary N) is 2. The maximum absolute atomic E-state index is 12.9. The zero-order valence-corrected chi connectivity index (χ0v) is 21.8. The summed E-state index contributed by atoms with van der Waals surface area (Å²) in [6, 6.07) is 14.6. The first kappa shape index (κ1) is 25.4. The molecule has 0 radical (unpaired) electrons. The molecular weight excluding hydrogens is 506 g/mol. The van der Waals surface area contributed by atoms with Crippen molar-refractivity contribution < 1.29 is 21.6 Å². The van der Waals surface area contributed by atoms with Crippen molar-refractivity contribution in [1.29, 1.82) is 0 Å². The Hall–Kier alpha value is -2.73. The van der Waals surface area contributed by atoms with Crippen LogP contribution in [0.25, 0.3) is 0 Å². The average Bonchev–Trinajstić information content (AvgIpc) is 3.37. The Balaban J connectivity index is 1.41. The third kappa shape index (κ3) is 5.75. The highest BCUT2D eigenvalue weighted by molar-refractivity contribution is 7.92. The number of hydrogen-bond donors (Lipinski definition) is 2. The predicted molar refractivity (Wildman–Crippen MR) is 138 cm³/mol. The Morgan fingerprint density at radius 1 is 1.03 bits per heavy atom. The van der Waals surface area contributed by atoms with Gasteiger partial charge in [0.25, 0.3) is 20.0 Å². The van der Waals surface area contributed by atoms with Gasteiger partial charge in [0.15, 0.2) is 0 Å². The highest BCUT2D eigenvalue weighted by Crippen LogP contribution is 2.27. The summed E-state index contributed by atoms with van der Waals surface area (Å²) in [5, 5.41) is 4.50. The molecule has 0 saturated carbocycles. The number of nitrogens with zero attached hydrogens (tertiary/aromatic N) is 1. The molecule has 1 aromatic heterocycles. The molecule has 0 unspecified atom stereocenters. The lowest BCUT2D eigenvalue weighted by Crippen LogP contribution is -2.43. The molecule has 35 heavy (non-hydrogen) atoms. The number of rotatable bonds is 7. The molecule has 1 amide bonds. The lowest BCUT2D eigenvalue weighted by molar-refractivity contribution is -0.120. The molecule has 2 N–H and O–H groups in total. The molecule has 4 rings (SSSR count). The Labute approximate surface area is 210 Å². The second-order valence-electron chi connectivity index (χ2n) is 8.57. The van der Waals surface area contributed by atoms with Gasteiger partial charge in [-0.1, -0.05) is 23.8 Å². The summed E-state index contributed by atoms with van der Waals surface area (Å²) in [5.74, 6) is -0.784. The minimum Gasteiger partial charge on any atom is -0.326 e. The third-order valence-electron chi connectivity index (χ3n) is 5.90. The quantitative estimate of drug-likeness (QED) is 0.473. The van der Waals surface area contributed by atoms with E-state index in [4.69, 9.17) is 0 Å². The van der Waals surface area contributed by atoms with Gasteiger partial charge in [-0.3, -0.25) is 9.52 Å². The summed E-state index contributed by atoms with van der Waals surface area (Å²) in [6.07, 6.45) is 1.17. The molecule has 2 aromatic carbocycles. The van der Waals surface area contributed by atoms with Gasteiger partial charge in [0, 0.05) is 18.8 Å². The largest absolute Gasteiger partial charge is 0.326 e. The average molecular weight is 534 g/mol. The summed E-state index contributed by atoms with van der Waals surface area (Å²) in [5.41, 5.74) is 2.81. The van der Waals surface area contributed by atoms with Crippen LogP contribution in [-0.4, -0.2) is 40.1 Å². The molecule has 1 atom stereocenters. The van der Waals surface area contributed by atoms with Crippen molar-refractivity contribution in [3.05, 3.63) is 71.1 Å². The molecule has 0 bridgehead atoms. The first-order valence-corrected chi connectivity index (χ1v) is 14.9. The molecule has 3 aromatic rings. The molecule has 1 aliphatic heterocycles. The second-order valence-corrected chi connectivity index (χ2v) is 13.4. The van der Waals surface area contributed by atoms with Crippen LogP contribution in [-0.2, 0) is 24.8 Å². The smallest absolute Gasteiger partial charge is 0.261 e. The number of amides is 1. The number of carbonyl (C=O) groups is 1. The van der Waals surface area contributed by atoms with E-state index in [9.17, 15) is 21.6 Å². The zero-order valence-electron chi connectivity index (χ0n) is 19.4. The predicted octanol–water partition coefficient (Wildman–Crippen LogP) is 4.21. The van der Waals surface area contributed by atoms with Gasteiger partial charge in [-0.2, -0.15) is 4.31 Å². The second kappa shape index (κ2) is 10.1. The van der Waals surface area contributed by atoms with Crippen molar-refractivity contribution in [2.75, 3.05) is 23.1 Å². The summed E-state index contributed by atoms with van der Waals surface area (Å²) < 4.78 is 55.4. The first-order valence-electron chi connectivity index (χ1n) is 11.1. The van der Waals surface area contributed by atoms with Gasteiger partial charge in [-0.25, -0.2) is 16.8 Å². The van der Waals surface area contributed by atoms with Crippen LogP contribution >= 0.6 is 11.3 Å². The summed E-state index contributed by atoms with van der Waals surface area (Å²) in [4.78, 5) is 12.9. The number of anilines is 2. The van der Waals surface area contributed by atoms with Crippen molar-refractivity contribution in [3.63, 3.8) is 0 Å². The fourth-order valence-electron chi connectivity index (χ4n) is 4.01. The fourth-order valence-corrected chi connectivity index (χ4v) is 7.80. The summed E-state index contributed by atoms with van der Waals surface area (Å²) in [6.45, 7) is 4.26. The third-order valence-corrected chi connectivity index (χ3v) is 10.5. The normalized spacial score (nSPS) is 17.1. The first-order chi connectivity index (χ1) is 16.6. The van der Waals surface area contributed by atoms with E-state index in [0.29, 0.717) is 30.8 Å². The van der Waals surface area contributed by atoms with Crippen molar-refractivity contribution >= 4 is 48.7 Å². The van der Waals surface area contributed by atoms with Crippen LogP contribution in [0.15, 0.2) is 69.1 Å². The SMILES string of the molecule is Cc1ccc(NS(=O)(=O)c2ccc(NC(=O)[C@H]3CCCN(S(=O)(=O)c4cccs4)C3)cc2)c(C)c1. The van der Waals surface area contributed by atoms with E-state index in [1.807, 2.05) is 26.0 Å². The van der Waals surface area contributed by atoms with Crippen molar-refractivity contribution in [3.8, 4) is 0 Å². The van der Waals surface area contributed by atoms with E-state index in [-0.39, 0.29) is 21.6 Å². The van der Waals surface area contributed by atoms with E-state index in [0.717, 1.165) is 22.5 Å². The topological polar surface area (TPSA) is 113 Å². The van der Waals surface area contributed by atoms with Crippen LogP contribution in [0.2, 0.25) is 0 Å². The molecule has 0 spiro atoms. The van der Waals surface area contributed by atoms with E-state index in [1.54, 1.807) is 23.6 Å². The number of piperidine rings is 1. The van der Waals surface area contributed by atoms with Gasteiger partial charge in [0.05, 0.1) is 16.5 Å². The van der Waals surface area contributed by atoms with Crippen LogP contribution in [0.4, 0.5) is 11.4 Å². The number of thiophene rings is 1. The van der Waals surface area contributed by atoms with Gasteiger partial charge in [-0.15, -0.1) is 11.3 Å². The highest BCUT2D eigenvalue weighted by Gasteiger charge is 2.33. The Morgan fingerprint density at radius 3 is 2.43 bits per heavy atom. The Morgan fingerprint density at radius 2 is 1.77 bits per heavy atom. The van der Waals surface area contributed by atoms with Crippen LogP contribution in [0, 0.1) is 19.8 Å². The van der Waals surface area contributed by atoms with Crippen molar-refractivity contribution in [2.45, 2.75) is 35.8 Å². The molecule has 8 nitrogen and oxygen atoms in total. The molecule has 1 saturated heterocycles. The lowest BCUT2D eigenvalue weighted by Gasteiger charge is -2.30. The lowest BCUT2D eigenvalue weighted by atomic mass is 9.99. The molecule has 186 valence electrons. The number of sulfonamides is 2. The van der Waals surface area contributed by atoms with Gasteiger partial charge >= 0.3 is 0 Å². The fraction of sp³-hybridized carbons (Fsp3) is 0.292. The Kier molecular flexibility index (Phi) is 7.32. The van der Waals surface area contributed by atoms with Crippen LogP contribution in [0.3, 0.4) is 0 Å². The molecule has 0 aliphatic carbocycles. The minimum absolute atomic E-state index is 0.0707. The number of aryl methyl sites for hydroxylation is 2. The van der Waals surface area contributed by atoms with E-state index < -0.39 is 26.0 Å². The Bertz CT molecular complexity index is 1420. The van der Waals surface area contributed by atoms with Crippen LogP contribution in [0.5, 0.6) is 0 Å². The van der Waals surface area contributed by atoms with Crippen LogP contribution < -0.4 is 10.0 Å². The maximum atomic E-state index is 12.9. The summed E-state index contributed by atoms with van der Waals surface area (Å²) >= 11 is 1.16. The molecule has 11 heteroatoms. The monoisotopic (exact) mass is 533 g/mol. The van der Waals surface area contributed by atoms with E-state index in [1.165, 1.54) is 28.6 Å². The van der Waals surface area contributed by atoms with Crippen molar-refractivity contribution in [1.82, 2.24) is 4.31 Å². The van der Waals surface area contributed by atoms with E-state index >= 15 is 0 Å². The summed E-state index contributed by atoms with van der Waals surface area (Å²) in [7, 11) is -7.41. The van der Waals surface area contributed by atoms with Gasteiger partial charge in [0.2, 0.25) is 5.91 Å². The minimum atomic E-state index is -3.79.